The van der Waals surface area contributed by atoms with Crippen LogP contribution in [0.1, 0.15) is 53.4 Å². The Labute approximate surface area is 117 Å². The largest absolute Gasteiger partial charge is 0.322 e. The summed E-state index contributed by atoms with van der Waals surface area (Å²) in [5.41, 5.74) is -2.29. The van der Waals surface area contributed by atoms with Crippen molar-refractivity contribution in [1.82, 2.24) is 0 Å². The van der Waals surface area contributed by atoms with Crippen molar-refractivity contribution < 1.29 is 9.05 Å². The van der Waals surface area contributed by atoms with Crippen molar-refractivity contribution in [1.29, 1.82) is 0 Å². The number of thiol groups is 1. The van der Waals surface area contributed by atoms with E-state index in [2.05, 4.69) is 39.9 Å². The molecule has 0 spiro atoms. The summed E-state index contributed by atoms with van der Waals surface area (Å²) in [6.45, 7) is 10.0. The third kappa shape index (κ3) is 13.2. The third-order valence-corrected chi connectivity index (χ3v) is 4.56. The standard InChI is InChI=1S/C12H27O2PS2/c1-11(2)8-6-5-7-9-13-15(16,17)14-10-12(3)4/h11-12H,5-10H2,1-4H3,(H,16,17). The van der Waals surface area contributed by atoms with Crippen LogP contribution in [0.4, 0.5) is 0 Å². The molecule has 17 heavy (non-hydrogen) atoms. The van der Waals surface area contributed by atoms with Crippen LogP contribution in [0.15, 0.2) is 0 Å². The molecule has 2 nitrogen and oxygen atoms in total. The van der Waals surface area contributed by atoms with E-state index in [-0.39, 0.29) is 0 Å². The van der Waals surface area contributed by atoms with Crippen LogP contribution in [0, 0.1) is 11.8 Å². The van der Waals surface area contributed by atoms with Crippen molar-refractivity contribution >= 4 is 29.7 Å². The second kappa shape index (κ2) is 9.80. The molecule has 0 bridgehead atoms. The molecular formula is C12H27O2PS2. The average Bonchev–Trinajstić information content (AvgIpc) is 2.20. The molecule has 0 aliphatic carbocycles. The van der Waals surface area contributed by atoms with E-state index >= 15 is 0 Å². The predicted octanol–water partition coefficient (Wildman–Crippen LogP) is 5.05. The number of hydrogen-bond acceptors (Lipinski definition) is 3. The summed E-state index contributed by atoms with van der Waals surface area (Å²) in [6, 6.07) is 0. The van der Waals surface area contributed by atoms with Gasteiger partial charge in [0.05, 0.1) is 13.2 Å². The van der Waals surface area contributed by atoms with E-state index in [1.165, 1.54) is 19.3 Å². The Kier molecular flexibility index (Phi) is 10.3. The molecule has 0 aliphatic rings. The van der Waals surface area contributed by atoms with Crippen LogP contribution in [0.5, 0.6) is 0 Å². The Balaban J connectivity index is 3.49. The van der Waals surface area contributed by atoms with Crippen molar-refractivity contribution in [2.24, 2.45) is 11.8 Å². The van der Waals surface area contributed by atoms with Gasteiger partial charge in [-0.25, -0.2) is 0 Å². The zero-order valence-corrected chi connectivity index (χ0v) is 14.1. The quantitative estimate of drug-likeness (QED) is 0.346. The van der Waals surface area contributed by atoms with Crippen molar-refractivity contribution in [2.75, 3.05) is 13.2 Å². The van der Waals surface area contributed by atoms with E-state index in [4.69, 9.17) is 20.9 Å². The number of unbranched alkanes of at least 4 members (excludes halogenated alkanes) is 2. The van der Waals surface area contributed by atoms with Gasteiger partial charge in [0.15, 0.2) is 0 Å². The van der Waals surface area contributed by atoms with E-state index in [1.54, 1.807) is 0 Å². The Hall–Kier alpha value is 0.920. The molecule has 0 saturated heterocycles. The van der Waals surface area contributed by atoms with Crippen LogP contribution >= 0.6 is 17.9 Å². The van der Waals surface area contributed by atoms with Gasteiger partial charge < -0.3 is 9.05 Å². The Morgan fingerprint density at radius 1 is 1.00 bits per heavy atom. The summed E-state index contributed by atoms with van der Waals surface area (Å²) in [5, 5.41) is 0. The zero-order chi connectivity index (χ0) is 13.3. The molecule has 0 aliphatic heterocycles. The van der Waals surface area contributed by atoms with Crippen LogP contribution < -0.4 is 0 Å². The molecular weight excluding hydrogens is 271 g/mol. The molecule has 1 unspecified atom stereocenters. The highest BCUT2D eigenvalue weighted by Gasteiger charge is 2.13. The Bertz CT molecular complexity index is 233. The fourth-order valence-electron chi connectivity index (χ4n) is 1.29. The SMILES string of the molecule is CC(C)CCCCCOP(=S)(S)OCC(C)C. The highest BCUT2D eigenvalue weighted by atomic mass is 32.9. The molecule has 0 N–H and O–H groups in total. The second-order valence-corrected chi connectivity index (χ2v) is 10.5. The summed E-state index contributed by atoms with van der Waals surface area (Å²) in [6.07, 6.45) is 4.81. The maximum absolute atomic E-state index is 5.55. The summed E-state index contributed by atoms with van der Waals surface area (Å²) >= 11 is 9.51. The summed E-state index contributed by atoms with van der Waals surface area (Å²) in [4.78, 5) is 0. The van der Waals surface area contributed by atoms with E-state index in [0.717, 1.165) is 12.3 Å². The first-order valence-corrected chi connectivity index (χ1v) is 10.2. The molecule has 0 aromatic heterocycles. The van der Waals surface area contributed by atoms with Crippen LogP contribution in [-0.2, 0) is 20.9 Å². The van der Waals surface area contributed by atoms with Gasteiger partial charge in [-0.15, -0.1) is 0 Å². The first-order valence-electron chi connectivity index (χ1n) is 6.45. The Morgan fingerprint density at radius 3 is 2.18 bits per heavy atom. The molecule has 5 heteroatoms. The molecule has 0 heterocycles. The lowest BCUT2D eigenvalue weighted by molar-refractivity contribution is 0.232. The minimum atomic E-state index is -2.29. The molecule has 0 aromatic rings. The highest BCUT2D eigenvalue weighted by molar-refractivity contribution is 8.60. The monoisotopic (exact) mass is 298 g/mol. The molecule has 0 amide bonds. The van der Waals surface area contributed by atoms with Crippen molar-refractivity contribution in [2.45, 2.75) is 53.4 Å². The minimum Gasteiger partial charge on any atom is -0.322 e. The second-order valence-electron chi connectivity index (χ2n) is 5.23. The minimum absolute atomic E-state index is 0.471. The van der Waals surface area contributed by atoms with Crippen molar-refractivity contribution in [3.8, 4) is 0 Å². The highest BCUT2D eigenvalue weighted by Crippen LogP contribution is 2.53. The molecule has 0 rings (SSSR count). The maximum atomic E-state index is 5.55. The lowest BCUT2D eigenvalue weighted by Crippen LogP contribution is -2.00. The average molecular weight is 298 g/mol. The molecule has 0 saturated carbocycles. The number of hydrogen-bond donors (Lipinski definition) is 1. The van der Waals surface area contributed by atoms with Gasteiger partial charge in [0.2, 0.25) is 5.69 Å². The van der Waals surface area contributed by atoms with Crippen LogP contribution in [0.2, 0.25) is 0 Å². The first-order chi connectivity index (χ1) is 7.83. The van der Waals surface area contributed by atoms with E-state index < -0.39 is 5.69 Å². The maximum Gasteiger partial charge on any atom is 0.244 e. The van der Waals surface area contributed by atoms with Gasteiger partial charge in [-0.2, -0.15) is 0 Å². The van der Waals surface area contributed by atoms with Crippen molar-refractivity contribution in [3.05, 3.63) is 0 Å². The molecule has 0 radical (unpaired) electrons. The fraction of sp³-hybridized carbons (Fsp3) is 1.00. The van der Waals surface area contributed by atoms with E-state index in [9.17, 15) is 0 Å². The van der Waals surface area contributed by atoms with Gasteiger partial charge in [0.25, 0.3) is 0 Å². The molecule has 0 fully saturated rings. The predicted molar refractivity (Wildman–Crippen MR) is 83.3 cm³/mol. The van der Waals surface area contributed by atoms with Crippen LogP contribution in [-0.4, -0.2) is 13.2 Å². The molecule has 0 aromatic carbocycles. The van der Waals surface area contributed by atoms with Gasteiger partial charge in [-0.1, -0.05) is 59.2 Å². The van der Waals surface area contributed by atoms with Crippen LogP contribution in [0.25, 0.3) is 0 Å². The smallest absolute Gasteiger partial charge is 0.244 e. The van der Waals surface area contributed by atoms with Gasteiger partial charge in [0, 0.05) is 0 Å². The van der Waals surface area contributed by atoms with Gasteiger partial charge in [-0.05, 0) is 30.1 Å². The topological polar surface area (TPSA) is 18.5 Å². The Morgan fingerprint density at radius 2 is 1.65 bits per heavy atom. The summed E-state index contributed by atoms with van der Waals surface area (Å²) in [5.74, 6) is 1.26. The normalized spacial score (nSPS) is 15.5. The summed E-state index contributed by atoms with van der Waals surface area (Å²) in [7, 11) is 0. The van der Waals surface area contributed by atoms with Gasteiger partial charge in [0.1, 0.15) is 0 Å². The fourth-order valence-corrected chi connectivity index (χ4v) is 3.06. The number of rotatable bonds is 10. The molecule has 1 atom stereocenters. The lowest BCUT2D eigenvalue weighted by Gasteiger charge is -2.17. The first kappa shape index (κ1) is 17.9. The van der Waals surface area contributed by atoms with Gasteiger partial charge in [-0.3, -0.25) is 0 Å². The summed E-state index contributed by atoms with van der Waals surface area (Å²) < 4.78 is 11.1. The third-order valence-electron chi connectivity index (χ3n) is 2.25. The van der Waals surface area contributed by atoms with E-state index in [1.807, 2.05) is 0 Å². The van der Waals surface area contributed by atoms with Crippen LogP contribution in [0.3, 0.4) is 0 Å². The van der Waals surface area contributed by atoms with E-state index in [0.29, 0.717) is 19.1 Å². The van der Waals surface area contributed by atoms with Gasteiger partial charge >= 0.3 is 0 Å². The zero-order valence-electron chi connectivity index (χ0n) is 11.5. The van der Waals surface area contributed by atoms with Crippen molar-refractivity contribution in [3.63, 3.8) is 0 Å². The molecule has 104 valence electrons. The lowest BCUT2D eigenvalue weighted by atomic mass is 10.1.